The molecule has 2 fully saturated rings. The lowest BCUT2D eigenvalue weighted by molar-refractivity contribution is -0.134. The molecule has 160 valence electrons. The van der Waals surface area contributed by atoms with Crippen molar-refractivity contribution < 1.29 is 4.79 Å². The van der Waals surface area contributed by atoms with Crippen LogP contribution >= 0.6 is 0 Å². The minimum absolute atomic E-state index is 0.144. The SMILES string of the molecule is C[C@@H]1CCN(C(=O)CN2CCC(C#N)CC2)C[C@@H]1N(C)c1ccnc2c1ccn2N. The van der Waals surface area contributed by atoms with Crippen LogP contribution in [-0.2, 0) is 4.79 Å². The van der Waals surface area contributed by atoms with Gasteiger partial charge in [-0.3, -0.25) is 14.4 Å². The first kappa shape index (κ1) is 20.5. The van der Waals surface area contributed by atoms with Crippen molar-refractivity contribution in [2.75, 3.05) is 50.5 Å². The number of piperidine rings is 2. The predicted octanol–water partition coefficient (Wildman–Crippen LogP) is 1.66. The zero-order valence-corrected chi connectivity index (χ0v) is 17.9. The van der Waals surface area contributed by atoms with E-state index in [0.29, 0.717) is 12.5 Å². The van der Waals surface area contributed by atoms with Crippen molar-refractivity contribution in [1.29, 1.82) is 5.26 Å². The van der Waals surface area contributed by atoms with Gasteiger partial charge in [-0.05, 0) is 50.4 Å². The number of rotatable bonds is 4. The van der Waals surface area contributed by atoms with Crippen molar-refractivity contribution in [2.45, 2.75) is 32.2 Å². The van der Waals surface area contributed by atoms with Crippen LogP contribution < -0.4 is 10.7 Å². The van der Waals surface area contributed by atoms with Crippen LogP contribution in [0.2, 0.25) is 0 Å². The summed E-state index contributed by atoms with van der Waals surface area (Å²) < 4.78 is 1.54. The maximum absolute atomic E-state index is 13.0. The molecular formula is C22H31N7O. The topological polar surface area (TPSA) is 94.4 Å². The molecule has 8 heteroatoms. The Bertz CT molecular complexity index is 941. The molecule has 2 atom stereocenters. The van der Waals surface area contributed by atoms with E-state index in [1.807, 2.05) is 23.2 Å². The van der Waals surface area contributed by atoms with E-state index in [1.54, 1.807) is 10.9 Å². The summed E-state index contributed by atoms with van der Waals surface area (Å²) in [6, 6.07) is 6.61. The number of likely N-dealkylation sites (tertiary alicyclic amines) is 2. The average molecular weight is 410 g/mol. The molecule has 2 aliphatic heterocycles. The van der Waals surface area contributed by atoms with Gasteiger partial charge in [0.1, 0.15) is 0 Å². The second-order valence-electron chi connectivity index (χ2n) is 8.75. The van der Waals surface area contributed by atoms with E-state index in [9.17, 15) is 4.79 Å². The van der Waals surface area contributed by atoms with Crippen LogP contribution in [0.3, 0.4) is 0 Å². The number of nitrogen functional groups attached to an aromatic ring is 1. The van der Waals surface area contributed by atoms with Crippen LogP contribution in [-0.4, -0.2) is 71.2 Å². The molecule has 2 saturated heterocycles. The normalized spacial score (nSPS) is 23.4. The number of nitrogens with two attached hydrogens (primary N) is 1. The summed E-state index contributed by atoms with van der Waals surface area (Å²) in [6.07, 6.45) is 6.34. The second-order valence-corrected chi connectivity index (χ2v) is 8.75. The molecule has 30 heavy (non-hydrogen) atoms. The first-order valence-electron chi connectivity index (χ1n) is 10.8. The van der Waals surface area contributed by atoms with E-state index in [4.69, 9.17) is 11.1 Å². The monoisotopic (exact) mass is 409 g/mol. The van der Waals surface area contributed by atoms with Crippen LogP contribution in [0.4, 0.5) is 5.69 Å². The fourth-order valence-corrected chi connectivity index (χ4v) is 4.82. The number of amides is 1. The van der Waals surface area contributed by atoms with Gasteiger partial charge >= 0.3 is 0 Å². The van der Waals surface area contributed by atoms with Gasteiger partial charge < -0.3 is 15.6 Å². The third-order valence-corrected chi connectivity index (χ3v) is 6.87. The Morgan fingerprint density at radius 2 is 2.07 bits per heavy atom. The molecule has 0 unspecified atom stereocenters. The minimum Gasteiger partial charge on any atom is -0.369 e. The van der Waals surface area contributed by atoms with E-state index in [2.05, 4.69) is 34.8 Å². The summed E-state index contributed by atoms with van der Waals surface area (Å²) in [5, 5.41) is 10.1. The van der Waals surface area contributed by atoms with Crippen LogP contribution in [0.1, 0.15) is 26.2 Å². The van der Waals surface area contributed by atoms with Gasteiger partial charge in [-0.2, -0.15) is 5.26 Å². The number of aromatic nitrogens is 2. The van der Waals surface area contributed by atoms with Gasteiger partial charge in [-0.15, -0.1) is 0 Å². The highest BCUT2D eigenvalue weighted by Crippen LogP contribution is 2.30. The number of carbonyl (C=O) groups is 1. The molecule has 8 nitrogen and oxygen atoms in total. The number of fused-ring (bicyclic) bond motifs is 1. The molecule has 0 spiro atoms. The lowest BCUT2D eigenvalue weighted by Gasteiger charge is -2.43. The van der Waals surface area contributed by atoms with Crippen molar-refractivity contribution in [2.24, 2.45) is 11.8 Å². The van der Waals surface area contributed by atoms with E-state index < -0.39 is 0 Å². The first-order chi connectivity index (χ1) is 14.5. The summed E-state index contributed by atoms with van der Waals surface area (Å²) in [4.78, 5) is 23.9. The smallest absolute Gasteiger partial charge is 0.236 e. The lowest BCUT2D eigenvalue weighted by atomic mass is 9.91. The molecule has 0 radical (unpaired) electrons. The third-order valence-electron chi connectivity index (χ3n) is 6.87. The molecule has 2 aromatic heterocycles. The Labute approximate surface area is 177 Å². The van der Waals surface area contributed by atoms with Gasteiger partial charge in [-0.1, -0.05) is 6.92 Å². The van der Waals surface area contributed by atoms with Crippen LogP contribution in [0.25, 0.3) is 11.0 Å². The number of hydrogen-bond donors (Lipinski definition) is 1. The van der Waals surface area contributed by atoms with Crippen molar-refractivity contribution in [3.05, 3.63) is 24.5 Å². The molecule has 0 aromatic carbocycles. The van der Waals surface area contributed by atoms with Gasteiger partial charge in [0.05, 0.1) is 12.6 Å². The Balaban J connectivity index is 1.44. The third kappa shape index (κ3) is 3.94. The van der Waals surface area contributed by atoms with Gasteiger partial charge in [0.2, 0.25) is 5.91 Å². The van der Waals surface area contributed by atoms with Gasteiger partial charge in [0, 0.05) is 55.6 Å². The highest BCUT2D eigenvalue weighted by atomic mass is 16.2. The summed E-state index contributed by atoms with van der Waals surface area (Å²) >= 11 is 0. The number of nitrogens with zero attached hydrogens (tertiary/aromatic N) is 6. The molecule has 0 aliphatic carbocycles. The van der Waals surface area contributed by atoms with Crippen LogP contribution in [0.5, 0.6) is 0 Å². The number of nitriles is 1. The van der Waals surface area contributed by atoms with Crippen LogP contribution in [0, 0.1) is 23.2 Å². The Hall–Kier alpha value is -2.79. The van der Waals surface area contributed by atoms with E-state index in [-0.39, 0.29) is 17.9 Å². The quantitative estimate of drug-likeness (QED) is 0.772. The number of anilines is 1. The van der Waals surface area contributed by atoms with E-state index >= 15 is 0 Å². The van der Waals surface area contributed by atoms with Crippen molar-refractivity contribution in [3.63, 3.8) is 0 Å². The molecule has 0 bridgehead atoms. The average Bonchev–Trinajstić information content (AvgIpc) is 3.15. The predicted molar refractivity (Wildman–Crippen MR) is 117 cm³/mol. The Morgan fingerprint density at radius 1 is 1.30 bits per heavy atom. The van der Waals surface area contributed by atoms with Gasteiger partial charge in [0.25, 0.3) is 0 Å². The fraction of sp³-hybridized carbons (Fsp3) is 0.591. The standard InChI is InChI=1S/C22H31N7O/c1-16-4-11-28(21(30)15-27-9-5-17(13-23)6-10-27)14-20(16)26(2)19-3-8-25-22-18(19)7-12-29(22)24/h3,7-8,12,16-17,20H,4-6,9-11,14-15,24H2,1-2H3/t16-,20+/m1/s1. The second kappa shape index (κ2) is 8.52. The molecule has 1 amide bonds. The molecule has 2 aliphatic rings. The number of hydrogen-bond acceptors (Lipinski definition) is 6. The molecule has 4 rings (SSSR count). The number of likely N-dealkylation sites (N-methyl/N-ethyl adjacent to an activating group) is 1. The maximum atomic E-state index is 13.0. The zero-order valence-electron chi connectivity index (χ0n) is 17.9. The molecule has 2 aromatic rings. The molecule has 0 saturated carbocycles. The van der Waals surface area contributed by atoms with Gasteiger partial charge in [0.15, 0.2) is 5.65 Å². The summed E-state index contributed by atoms with van der Waals surface area (Å²) in [5.41, 5.74) is 1.85. The van der Waals surface area contributed by atoms with Gasteiger partial charge in [-0.25, -0.2) is 4.98 Å². The molecule has 4 heterocycles. The fourth-order valence-electron chi connectivity index (χ4n) is 4.82. The summed E-state index contributed by atoms with van der Waals surface area (Å²) in [7, 11) is 2.10. The van der Waals surface area contributed by atoms with Crippen molar-refractivity contribution in [3.8, 4) is 6.07 Å². The van der Waals surface area contributed by atoms with E-state index in [0.717, 1.165) is 62.2 Å². The zero-order chi connectivity index (χ0) is 21.3. The van der Waals surface area contributed by atoms with E-state index in [1.165, 1.54) is 0 Å². The largest absolute Gasteiger partial charge is 0.369 e. The first-order valence-corrected chi connectivity index (χ1v) is 10.8. The summed E-state index contributed by atoms with van der Waals surface area (Å²) in [6.45, 7) is 5.92. The van der Waals surface area contributed by atoms with Crippen LogP contribution in [0.15, 0.2) is 24.5 Å². The summed E-state index contributed by atoms with van der Waals surface area (Å²) in [5.74, 6) is 6.80. The van der Waals surface area contributed by atoms with Crippen molar-refractivity contribution >= 4 is 22.6 Å². The lowest BCUT2D eigenvalue weighted by Crippen LogP contribution is -2.54. The molecular weight excluding hydrogens is 378 g/mol. The Morgan fingerprint density at radius 3 is 2.80 bits per heavy atom. The minimum atomic E-state index is 0.144. The number of carbonyl (C=O) groups excluding carboxylic acids is 1. The molecule has 2 N–H and O–H groups in total. The highest BCUT2D eigenvalue weighted by molar-refractivity contribution is 5.90. The Kier molecular flexibility index (Phi) is 5.82. The van der Waals surface area contributed by atoms with Crippen molar-refractivity contribution in [1.82, 2.24) is 19.5 Å². The highest BCUT2D eigenvalue weighted by Gasteiger charge is 2.33. The number of pyridine rings is 1. The maximum Gasteiger partial charge on any atom is 0.236 e.